The summed E-state index contributed by atoms with van der Waals surface area (Å²) < 4.78 is 24.5. The lowest BCUT2D eigenvalue weighted by Crippen LogP contribution is -2.98. The highest BCUT2D eigenvalue weighted by molar-refractivity contribution is 8.76. The van der Waals surface area contributed by atoms with Crippen LogP contribution in [0.5, 0.6) is 0 Å². The molecule has 2 aromatic carbocycles. The van der Waals surface area contributed by atoms with Crippen molar-refractivity contribution in [3.05, 3.63) is 120 Å². The van der Waals surface area contributed by atoms with Crippen molar-refractivity contribution in [1.82, 2.24) is 9.80 Å². The topological polar surface area (TPSA) is 55.4 Å². The minimum absolute atomic E-state index is 0.223. The molecule has 1 N–H and O–H groups in total. The molecule has 0 saturated heterocycles. The van der Waals surface area contributed by atoms with Crippen molar-refractivity contribution in [2.24, 2.45) is 7.05 Å². The minimum atomic E-state index is -0.244. The molecule has 0 spiro atoms. The van der Waals surface area contributed by atoms with Crippen LogP contribution in [0.4, 0.5) is 20.2 Å². The number of anilines is 2. The van der Waals surface area contributed by atoms with E-state index in [2.05, 4.69) is 129 Å². The number of nitrogens with zero attached hydrogens (tertiary/aromatic N) is 5. The maximum absolute atomic E-state index is 13.5. The second-order valence-corrected chi connectivity index (χ2v) is 17.4. The van der Waals surface area contributed by atoms with Gasteiger partial charge in [-0.15, -0.1) is 4.39 Å². The summed E-state index contributed by atoms with van der Waals surface area (Å²) in [7, 11) is 18.2. The summed E-state index contributed by atoms with van der Waals surface area (Å²) in [5.41, 5.74) is 6.78. The Kier molecular flexibility index (Phi) is 25.8. The van der Waals surface area contributed by atoms with Crippen LogP contribution in [-0.2, 0) is 16.6 Å². The van der Waals surface area contributed by atoms with Crippen molar-refractivity contribution in [1.29, 1.82) is 0 Å². The van der Waals surface area contributed by atoms with E-state index in [1.54, 1.807) is 34.8 Å². The number of allylic oxidation sites excluding steroid dienone is 3. The van der Waals surface area contributed by atoms with Gasteiger partial charge in [0.25, 0.3) is 0 Å². The van der Waals surface area contributed by atoms with E-state index in [0.717, 1.165) is 80.8 Å². The van der Waals surface area contributed by atoms with Crippen LogP contribution in [0.3, 0.4) is 0 Å². The third kappa shape index (κ3) is 21.6. The third-order valence-electron chi connectivity index (χ3n) is 9.41. The number of nitrogens with one attached hydrogen (secondary N) is 1. The van der Waals surface area contributed by atoms with Gasteiger partial charge in [-0.25, -0.2) is 0 Å². The fourth-order valence-electron chi connectivity index (χ4n) is 5.78. The fraction of sp³-hybridized carbons (Fsp3) is 0.426. The lowest BCUT2D eigenvalue weighted by atomic mass is 10.1. The molecule has 8 nitrogen and oxygen atoms in total. The van der Waals surface area contributed by atoms with E-state index in [-0.39, 0.29) is 11.9 Å². The maximum atomic E-state index is 13.5. The summed E-state index contributed by atoms with van der Waals surface area (Å²) in [6.07, 6.45) is 22.5. The predicted molar refractivity (Wildman–Crippen MR) is 251 cm³/mol. The van der Waals surface area contributed by atoms with E-state index >= 15 is 0 Å². The molecule has 0 saturated carbocycles. The van der Waals surface area contributed by atoms with Crippen molar-refractivity contribution in [3.63, 3.8) is 0 Å². The Labute approximate surface area is 361 Å². The van der Waals surface area contributed by atoms with Crippen molar-refractivity contribution >= 4 is 63.4 Å². The number of unbranched alkanes of at least 4 members (excludes halogenated alkanes) is 1. The number of amides is 1. The molecule has 1 unspecified atom stereocenters. The highest BCUT2D eigenvalue weighted by Crippen LogP contribution is 2.24. The molecule has 1 aliphatic heterocycles. The first-order valence-electron chi connectivity index (χ1n) is 20.3. The number of carbonyl (C=O) groups excluding carboxylic acids is 2. The van der Waals surface area contributed by atoms with E-state index in [1.807, 2.05) is 30.2 Å². The highest BCUT2D eigenvalue weighted by atomic mass is 33.1. The molecule has 0 fully saturated rings. The Bertz CT molecular complexity index is 1770. The molecule has 1 atom stereocenters. The lowest BCUT2D eigenvalue weighted by molar-refractivity contribution is -0.763. The van der Waals surface area contributed by atoms with E-state index in [1.165, 1.54) is 38.0 Å². The SMILES string of the molecule is CF.CN(C)CCCN(C)c1ccc(/C=C/c2cc[n+](C)c(F)c2)cc1.CN(CCCN(C)c1ccc(/C=C/C2=C[NH+](C)C=C2)cc1)C(=O)CCCSSCCCC=O. The van der Waals surface area contributed by atoms with Crippen LogP contribution in [0.25, 0.3) is 18.2 Å². The fourth-order valence-corrected chi connectivity index (χ4v) is 7.98. The average Bonchev–Trinajstić information content (AvgIpc) is 3.67. The number of hydrogen-bond acceptors (Lipinski definition) is 7. The van der Waals surface area contributed by atoms with E-state index in [9.17, 15) is 18.4 Å². The molecule has 1 amide bonds. The monoisotopic (exact) mass is 850 g/mol. The standard InChI is InChI=1S/C26H37N3O2S2.C20H27FN3.CH3F/c1-27-18-15-24(22-27)10-9-23-11-13-25(14-12-23)28(2)16-7-17-29(3)26(31)8-6-21-33-32-20-5-4-19-30;1-22(2)13-5-14-23(3)19-10-8-17(9-11-19)6-7-18-12-15-24(4)20(21)16-18;1-2/h9-15,18-19,22H,4-8,16-17,20-21H2,1-3H3;6-12,15-16H,5,13-14H2,1-4H3;1H3/q;+1;/p+1/b10-9+;;. The van der Waals surface area contributed by atoms with Crippen molar-refractivity contribution in [2.75, 3.05) is 96.9 Å². The van der Waals surface area contributed by atoms with Gasteiger partial charge in [0.05, 0.1) is 20.4 Å². The van der Waals surface area contributed by atoms with E-state index in [4.69, 9.17) is 0 Å². The number of alkyl halides is 1. The molecular formula is C47H68F2N6O2S2+2. The smallest absolute Gasteiger partial charge is 0.359 e. The number of aryl methyl sites for hydroxylation is 1. The summed E-state index contributed by atoms with van der Waals surface area (Å²) >= 11 is 0. The van der Waals surface area contributed by atoms with Gasteiger partial charge in [-0.05, 0) is 93.4 Å². The Hall–Kier alpha value is -4.23. The summed E-state index contributed by atoms with van der Waals surface area (Å²) in [5.74, 6) is 1.96. The Morgan fingerprint density at radius 3 is 1.80 bits per heavy atom. The summed E-state index contributed by atoms with van der Waals surface area (Å²) in [6.45, 7) is 3.81. The highest BCUT2D eigenvalue weighted by Gasteiger charge is 2.10. The number of benzene rings is 2. The minimum Gasteiger partial charge on any atom is -0.375 e. The molecule has 2 heterocycles. The summed E-state index contributed by atoms with van der Waals surface area (Å²) in [4.78, 5) is 32.4. The number of carbonyl (C=O) groups is 2. The van der Waals surface area contributed by atoms with Crippen LogP contribution in [0.2, 0.25) is 0 Å². The third-order valence-corrected chi connectivity index (χ3v) is 12.0. The first-order chi connectivity index (χ1) is 28.4. The number of quaternary nitrogens is 1. The molecule has 59 heavy (non-hydrogen) atoms. The number of halogens is 2. The number of hydrogen-bond donors (Lipinski definition) is 1. The first kappa shape index (κ1) is 50.9. The average molecular weight is 851 g/mol. The predicted octanol–water partition coefficient (Wildman–Crippen LogP) is 7.85. The quantitative estimate of drug-likeness (QED) is 0.0343. The summed E-state index contributed by atoms with van der Waals surface area (Å²) in [5, 5.41) is 0. The van der Waals surface area contributed by atoms with E-state index < -0.39 is 0 Å². The van der Waals surface area contributed by atoms with Gasteiger partial charge >= 0.3 is 5.95 Å². The Morgan fingerprint density at radius 1 is 0.729 bits per heavy atom. The molecule has 3 aromatic rings. The van der Waals surface area contributed by atoms with Crippen molar-refractivity contribution in [3.8, 4) is 0 Å². The van der Waals surface area contributed by atoms with Crippen LogP contribution in [0.1, 0.15) is 55.2 Å². The van der Waals surface area contributed by atoms with Gasteiger partial charge in [-0.2, -0.15) is 4.57 Å². The van der Waals surface area contributed by atoms with E-state index in [0.29, 0.717) is 20.0 Å². The van der Waals surface area contributed by atoms with Crippen LogP contribution in [-0.4, -0.2) is 109 Å². The lowest BCUT2D eigenvalue weighted by Gasteiger charge is -2.22. The molecular weight excluding hydrogens is 783 g/mol. The molecule has 0 radical (unpaired) electrons. The van der Waals surface area contributed by atoms with Crippen LogP contribution >= 0.6 is 21.6 Å². The van der Waals surface area contributed by atoms with Crippen molar-refractivity contribution in [2.45, 2.75) is 38.5 Å². The molecule has 0 bridgehead atoms. The number of rotatable bonds is 23. The van der Waals surface area contributed by atoms with Gasteiger partial charge in [0, 0.05) is 100 Å². The van der Waals surface area contributed by atoms with Crippen molar-refractivity contribution < 1.29 is 27.8 Å². The number of aldehydes is 1. The zero-order valence-electron chi connectivity index (χ0n) is 36.6. The van der Waals surface area contributed by atoms with Gasteiger partial charge in [-0.3, -0.25) is 14.1 Å². The second kappa shape index (κ2) is 29.9. The van der Waals surface area contributed by atoms with Gasteiger partial charge < -0.3 is 24.4 Å². The molecule has 0 aliphatic carbocycles. The Morgan fingerprint density at radius 2 is 1.27 bits per heavy atom. The molecule has 4 rings (SSSR count). The van der Waals surface area contributed by atoms with Crippen LogP contribution < -0.4 is 19.3 Å². The largest absolute Gasteiger partial charge is 0.375 e. The summed E-state index contributed by atoms with van der Waals surface area (Å²) in [6, 6.07) is 20.5. The second-order valence-electron chi connectivity index (χ2n) is 14.7. The zero-order chi connectivity index (χ0) is 43.4. The number of aromatic nitrogens is 1. The Balaban J connectivity index is 0.000000408. The van der Waals surface area contributed by atoms with Gasteiger partial charge in [-0.1, -0.05) is 64.1 Å². The first-order valence-corrected chi connectivity index (χ1v) is 22.8. The number of pyridine rings is 1. The normalized spacial score (nSPS) is 13.2. The molecule has 12 heteroatoms. The zero-order valence-corrected chi connectivity index (χ0v) is 38.2. The van der Waals surface area contributed by atoms with Crippen LogP contribution in [0, 0.1) is 5.95 Å². The maximum Gasteiger partial charge on any atom is 0.359 e. The molecule has 1 aromatic heterocycles. The van der Waals surface area contributed by atoms with Crippen LogP contribution in [0.15, 0.2) is 97.0 Å². The molecule has 322 valence electrons. The van der Waals surface area contributed by atoms with Gasteiger partial charge in [0.15, 0.2) is 6.20 Å². The van der Waals surface area contributed by atoms with Gasteiger partial charge in [0.2, 0.25) is 5.91 Å². The molecule has 1 aliphatic rings. The van der Waals surface area contributed by atoms with Gasteiger partial charge in [0.1, 0.15) is 19.5 Å².